The average molecular weight is 428 g/mol. The Morgan fingerprint density at radius 3 is 2.17 bits per heavy atom. The molecule has 1 amide bonds. The molecule has 0 saturated carbocycles. The molecule has 1 unspecified atom stereocenters. The summed E-state index contributed by atoms with van der Waals surface area (Å²) < 4.78 is 5.36. The van der Waals surface area contributed by atoms with Gasteiger partial charge in [0.25, 0.3) is 11.7 Å². The highest BCUT2D eigenvalue weighted by atomic mass is 35.5. The maximum atomic E-state index is 12.9. The van der Waals surface area contributed by atoms with Crippen molar-refractivity contribution in [3.8, 4) is 0 Å². The Bertz CT molecular complexity index is 1090. The van der Waals surface area contributed by atoms with Gasteiger partial charge in [0, 0.05) is 15.6 Å². The van der Waals surface area contributed by atoms with Gasteiger partial charge in [-0.2, -0.15) is 0 Å². The minimum Gasteiger partial charge on any atom is -0.507 e. The molecule has 1 aromatic heterocycles. The van der Waals surface area contributed by atoms with E-state index in [-0.39, 0.29) is 17.9 Å². The van der Waals surface area contributed by atoms with E-state index in [9.17, 15) is 14.7 Å². The summed E-state index contributed by atoms with van der Waals surface area (Å²) in [6, 6.07) is 15.8. The molecule has 1 saturated heterocycles. The van der Waals surface area contributed by atoms with Gasteiger partial charge in [0.15, 0.2) is 0 Å². The number of hydrogen-bond acceptors (Lipinski definition) is 4. The highest BCUT2D eigenvalue weighted by Gasteiger charge is 2.46. The maximum absolute atomic E-state index is 12.9. The molecule has 3 aromatic rings. The number of rotatable bonds is 4. The normalized spacial score (nSPS) is 18.4. The summed E-state index contributed by atoms with van der Waals surface area (Å²) in [5.74, 6) is -1.21. The first-order valence-electron chi connectivity index (χ1n) is 8.78. The fourth-order valence-electron chi connectivity index (χ4n) is 3.37. The number of halogens is 2. The predicted molar refractivity (Wildman–Crippen MR) is 109 cm³/mol. The van der Waals surface area contributed by atoms with Crippen molar-refractivity contribution < 1.29 is 19.1 Å². The van der Waals surface area contributed by atoms with Crippen molar-refractivity contribution in [2.75, 3.05) is 0 Å². The summed E-state index contributed by atoms with van der Waals surface area (Å²) in [6.45, 7) is 0.0856. The second-order valence-electron chi connectivity index (χ2n) is 6.56. The van der Waals surface area contributed by atoms with Crippen LogP contribution in [0.1, 0.15) is 22.9 Å². The molecule has 2 heterocycles. The lowest BCUT2D eigenvalue weighted by atomic mass is 9.95. The Hall–Kier alpha value is -3.02. The van der Waals surface area contributed by atoms with E-state index in [0.717, 1.165) is 0 Å². The zero-order valence-electron chi connectivity index (χ0n) is 15.0. The zero-order chi connectivity index (χ0) is 20.5. The number of benzene rings is 2. The minimum atomic E-state index is -0.784. The predicted octanol–water partition coefficient (Wildman–Crippen LogP) is 5.21. The van der Waals surface area contributed by atoms with Crippen molar-refractivity contribution in [3.63, 3.8) is 0 Å². The molecule has 1 fully saturated rings. The summed E-state index contributed by atoms with van der Waals surface area (Å²) in [7, 11) is 0. The van der Waals surface area contributed by atoms with Crippen LogP contribution in [0.5, 0.6) is 0 Å². The molecule has 1 atom stereocenters. The van der Waals surface area contributed by atoms with Gasteiger partial charge in [0.05, 0.1) is 24.4 Å². The monoisotopic (exact) mass is 427 g/mol. The highest BCUT2D eigenvalue weighted by molar-refractivity contribution is 6.46. The molecular weight excluding hydrogens is 413 g/mol. The van der Waals surface area contributed by atoms with Crippen LogP contribution in [0.4, 0.5) is 0 Å². The van der Waals surface area contributed by atoms with Gasteiger partial charge >= 0.3 is 0 Å². The van der Waals surface area contributed by atoms with E-state index in [1.165, 1.54) is 11.2 Å². The SMILES string of the molecule is O=C1C(=O)N(Cc2ccco2)C(c2ccc(Cl)cc2)/C1=C(\O)c1ccc(Cl)cc1. The molecule has 29 heavy (non-hydrogen) atoms. The van der Waals surface area contributed by atoms with Crippen LogP contribution in [0, 0.1) is 0 Å². The molecule has 1 aliphatic rings. The molecule has 2 aromatic carbocycles. The number of Topliss-reactive ketones (excluding diaryl/α,β-unsaturated/α-hetero) is 1. The molecular formula is C22H15Cl2NO4. The van der Waals surface area contributed by atoms with E-state index in [1.807, 2.05) is 0 Å². The summed E-state index contributed by atoms with van der Waals surface area (Å²) >= 11 is 11.9. The number of amides is 1. The summed E-state index contributed by atoms with van der Waals surface area (Å²) in [5.41, 5.74) is 1.05. The molecule has 1 aliphatic heterocycles. The van der Waals surface area contributed by atoms with Crippen LogP contribution < -0.4 is 0 Å². The fraction of sp³-hybridized carbons (Fsp3) is 0.0909. The van der Waals surface area contributed by atoms with Gasteiger partial charge in [-0.25, -0.2) is 0 Å². The van der Waals surface area contributed by atoms with Crippen molar-refractivity contribution >= 4 is 40.7 Å². The van der Waals surface area contributed by atoms with Crippen LogP contribution in [0.3, 0.4) is 0 Å². The van der Waals surface area contributed by atoms with E-state index < -0.39 is 17.7 Å². The Morgan fingerprint density at radius 2 is 1.59 bits per heavy atom. The number of aliphatic hydroxyl groups excluding tert-OH is 1. The van der Waals surface area contributed by atoms with Crippen LogP contribution >= 0.6 is 23.2 Å². The first kappa shape index (κ1) is 19.3. The number of nitrogens with zero attached hydrogens (tertiary/aromatic N) is 1. The average Bonchev–Trinajstić information content (AvgIpc) is 3.31. The van der Waals surface area contributed by atoms with Crippen molar-refractivity contribution in [1.82, 2.24) is 4.90 Å². The number of furan rings is 1. The van der Waals surface area contributed by atoms with Crippen LogP contribution in [0.2, 0.25) is 10.0 Å². The molecule has 0 radical (unpaired) electrons. The standard InChI is InChI=1S/C22H15Cl2NO4/c23-15-7-3-13(4-8-15)19-18(20(26)14-5-9-16(24)10-6-14)21(27)22(28)25(19)12-17-2-1-11-29-17/h1-11,19,26H,12H2/b20-18+. The summed E-state index contributed by atoms with van der Waals surface area (Å²) in [6.07, 6.45) is 1.50. The number of carbonyl (C=O) groups excluding carboxylic acids is 2. The van der Waals surface area contributed by atoms with E-state index in [2.05, 4.69) is 0 Å². The van der Waals surface area contributed by atoms with Crippen LogP contribution in [-0.4, -0.2) is 21.7 Å². The second kappa shape index (κ2) is 7.78. The lowest BCUT2D eigenvalue weighted by molar-refractivity contribution is -0.140. The third kappa shape index (κ3) is 3.67. The molecule has 0 spiro atoms. The van der Waals surface area contributed by atoms with E-state index in [1.54, 1.807) is 60.7 Å². The second-order valence-corrected chi connectivity index (χ2v) is 7.44. The van der Waals surface area contributed by atoms with Gasteiger partial charge in [0.2, 0.25) is 0 Å². The first-order valence-corrected chi connectivity index (χ1v) is 9.53. The zero-order valence-corrected chi connectivity index (χ0v) is 16.5. The van der Waals surface area contributed by atoms with Gasteiger partial charge < -0.3 is 14.4 Å². The number of ketones is 1. The molecule has 0 aliphatic carbocycles. The van der Waals surface area contributed by atoms with Crippen LogP contribution in [0.15, 0.2) is 76.9 Å². The Morgan fingerprint density at radius 1 is 0.966 bits per heavy atom. The summed E-state index contributed by atoms with van der Waals surface area (Å²) in [5, 5.41) is 11.9. The van der Waals surface area contributed by atoms with Crippen molar-refractivity contribution in [2.45, 2.75) is 12.6 Å². The quantitative estimate of drug-likeness (QED) is 0.352. The number of aliphatic hydroxyl groups is 1. The highest BCUT2D eigenvalue weighted by Crippen LogP contribution is 2.40. The molecule has 1 N–H and O–H groups in total. The van der Waals surface area contributed by atoms with E-state index in [0.29, 0.717) is 26.9 Å². The minimum absolute atomic E-state index is 0.00574. The van der Waals surface area contributed by atoms with E-state index >= 15 is 0 Å². The largest absolute Gasteiger partial charge is 0.507 e. The molecule has 146 valence electrons. The Balaban J connectivity index is 1.86. The van der Waals surface area contributed by atoms with E-state index in [4.69, 9.17) is 27.6 Å². The van der Waals surface area contributed by atoms with Crippen LogP contribution in [-0.2, 0) is 16.1 Å². The number of carbonyl (C=O) groups is 2. The van der Waals surface area contributed by atoms with Gasteiger partial charge in [-0.15, -0.1) is 0 Å². The van der Waals surface area contributed by atoms with Gasteiger partial charge in [-0.05, 0) is 54.1 Å². The van der Waals surface area contributed by atoms with Gasteiger partial charge in [-0.3, -0.25) is 9.59 Å². The third-order valence-corrected chi connectivity index (χ3v) is 5.25. The maximum Gasteiger partial charge on any atom is 0.296 e. The van der Waals surface area contributed by atoms with Crippen molar-refractivity contribution in [1.29, 1.82) is 0 Å². The molecule has 7 heteroatoms. The summed E-state index contributed by atoms with van der Waals surface area (Å²) in [4.78, 5) is 27.1. The molecule has 4 rings (SSSR count). The lowest BCUT2D eigenvalue weighted by Crippen LogP contribution is -2.29. The van der Waals surface area contributed by atoms with Gasteiger partial charge in [0.1, 0.15) is 11.5 Å². The number of likely N-dealkylation sites (tertiary alicyclic amines) is 1. The molecule has 0 bridgehead atoms. The Labute approximate surface area is 176 Å². The first-order chi connectivity index (χ1) is 14.0. The lowest BCUT2D eigenvalue weighted by Gasteiger charge is -2.24. The van der Waals surface area contributed by atoms with Crippen molar-refractivity contribution in [2.24, 2.45) is 0 Å². The fourth-order valence-corrected chi connectivity index (χ4v) is 3.62. The smallest absolute Gasteiger partial charge is 0.296 e. The van der Waals surface area contributed by atoms with Crippen molar-refractivity contribution in [3.05, 3.63) is 99.4 Å². The third-order valence-electron chi connectivity index (χ3n) is 4.75. The van der Waals surface area contributed by atoms with Gasteiger partial charge in [-0.1, -0.05) is 35.3 Å². The van der Waals surface area contributed by atoms with Crippen LogP contribution in [0.25, 0.3) is 5.76 Å². The molecule has 5 nitrogen and oxygen atoms in total. The Kier molecular flexibility index (Phi) is 5.18. The number of hydrogen-bond donors (Lipinski definition) is 1. The topological polar surface area (TPSA) is 70.8 Å².